The summed E-state index contributed by atoms with van der Waals surface area (Å²) in [5.74, 6) is -0.0545. The van der Waals surface area contributed by atoms with Gasteiger partial charge in [-0.3, -0.25) is 4.79 Å². The highest BCUT2D eigenvalue weighted by Crippen LogP contribution is 2.35. The van der Waals surface area contributed by atoms with Crippen molar-refractivity contribution in [1.82, 2.24) is 24.8 Å². The van der Waals surface area contributed by atoms with Gasteiger partial charge in [0.2, 0.25) is 0 Å². The quantitative estimate of drug-likeness (QED) is 0.771. The van der Waals surface area contributed by atoms with Crippen LogP contribution in [0.5, 0.6) is 0 Å². The van der Waals surface area contributed by atoms with E-state index in [1.54, 1.807) is 10.7 Å². The predicted octanol–water partition coefficient (Wildman–Crippen LogP) is 2.16. The Hall–Kier alpha value is -1.96. The molecule has 3 aromatic heterocycles. The number of halogens is 1. The van der Waals surface area contributed by atoms with E-state index in [0.717, 1.165) is 24.2 Å². The molecule has 23 heavy (non-hydrogen) atoms. The summed E-state index contributed by atoms with van der Waals surface area (Å²) < 4.78 is 2.28. The van der Waals surface area contributed by atoms with Gasteiger partial charge in [-0.1, -0.05) is 29.0 Å². The summed E-state index contributed by atoms with van der Waals surface area (Å²) in [6.07, 6.45) is 3.60. The van der Waals surface area contributed by atoms with Gasteiger partial charge in [0, 0.05) is 37.9 Å². The molecule has 1 aliphatic rings. The van der Waals surface area contributed by atoms with Crippen molar-refractivity contribution in [3.63, 3.8) is 0 Å². The molecule has 0 unspecified atom stereocenters. The zero-order chi connectivity index (χ0) is 15.8. The van der Waals surface area contributed by atoms with Gasteiger partial charge < -0.3 is 10.2 Å². The lowest BCUT2D eigenvalue weighted by Crippen LogP contribution is -2.46. The lowest BCUT2D eigenvalue weighted by molar-refractivity contribution is 0.0735. The Morgan fingerprint density at radius 1 is 1.30 bits per heavy atom. The van der Waals surface area contributed by atoms with Gasteiger partial charge in [0.1, 0.15) is 10.0 Å². The molecule has 0 aliphatic carbocycles. The molecule has 0 radical (unpaired) electrons. The third-order valence-corrected chi connectivity index (χ3v) is 5.10. The molecule has 0 bridgehead atoms. The number of piperazine rings is 1. The molecule has 8 heteroatoms. The second kappa shape index (κ2) is 5.92. The molecule has 0 atom stereocenters. The lowest BCUT2D eigenvalue weighted by Gasteiger charge is -2.26. The zero-order valence-electron chi connectivity index (χ0n) is 12.2. The lowest BCUT2D eigenvalue weighted by atomic mass is 10.2. The van der Waals surface area contributed by atoms with Crippen LogP contribution < -0.4 is 5.32 Å². The topological polar surface area (TPSA) is 62.5 Å². The van der Waals surface area contributed by atoms with E-state index < -0.39 is 0 Å². The first kappa shape index (κ1) is 14.6. The van der Waals surface area contributed by atoms with Crippen molar-refractivity contribution in [2.24, 2.45) is 0 Å². The van der Waals surface area contributed by atoms with Crippen LogP contribution in [0.15, 0.2) is 30.6 Å². The highest BCUT2D eigenvalue weighted by atomic mass is 35.5. The van der Waals surface area contributed by atoms with E-state index in [4.69, 9.17) is 11.6 Å². The Kier molecular flexibility index (Phi) is 3.76. The predicted molar refractivity (Wildman–Crippen MR) is 90.1 cm³/mol. The molecular weight excluding hydrogens is 334 g/mol. The van der Waals surface area contributed by atoms with E-state index in [1.165, 1.54) is 11.3 Å². The number of rotatable bonds is 2. The summed E-state index contributed by atoms with van der Waals surface area (Å²) in [7, 11) is 0. The third kappa shape index (κ3) is 2.60. The first-order valence-electron chi connectivity index (χ1n) is 7.33. The van der Waals surface area contributed by atoms with Crippen LogP contribution >= 0.6 is 22.9 Å². The number of carbonyl (C=O) groups excluding carboxylic acids is 1. The summed E-state index contributed by atoms with van der Waals surface area (Å²) in [4.78, 5) is 18.9. The van der Waals surface area contributed by atoms with Gasteiger partial charge in [0.15, 0.2) is 5.01 Å². The fourth-order valence-corrected chi connectivity index (χ4v) is 3.82. The van der Waals surface area contributed by atoms with Gasteiger partial charge in [0.25, 0.3) is 5.91 Å². The molecule has 0 aromatic carbocycles. The second-order valence-corrected chi connectivity index (χ2v) is 6.87. The molecular formula is C15H14ClN5OS. The minimum Gasteiger partial charge on any atom is -0.334 e. The van der Waals surface area contributed by atoms with Crippen molar-refractivity contribution in [2.45, 2.75) is 0 Å². The van der Waals surface area contributed by atoms with Crippen LogP contribution in [0.1, 0.15) is 9.80 Å². The highest BCUT2D eigenvalue weighted by Gasteiger charge is 2.24. The largest absolute Gasteiger partial charge is 0.334 e. The SMILES string of the molecule is O=C(c1nc(-c2cnn3ccccc23)c(Cl)s1)N1CCNCC1. The normalized spacial score (nSPS) is 15.3. The molecule has 0 saturated carbocycles. The minimum atomic E-state index is -0.0545. The van der Waals surface area contributed by atoms with Crippen LogP contribution in [0.2, 0.25) is 4.34 Å². The number of carbonyl (C=O) groups is 1. The van der Waals surface area contributed by atoms with Gasteiger partial charge in [-0.25, -0.2) is 9.50 Å². The molecule has 1 fully saturated rings. The van der Waals surface area contributed by atoms with Crippen molar-refractivity contribution in [3.8, 4) is 11.3 Å². The Labute approximate surface area is 141 Å². The smallest absolute Gasteiger partial charge is 0.282 e. The second-order valence-electron chi connectivity index (χ2n) is 5.27. The van der Waals surface area contributed by atoms with Gasteiger partial charge in [-0.15, -0.1) is 0 Å². The first-order chi connectivity index (χ1) is 11.2. The number of fused-ring (bicyclic) bond motifs is 1. The van der Waals surface area contributed by atoms with Crippen LogP contribution in [0.25, 0.3) is 16.8 Å². The van der Waals surface area contributed by atoms with E-state index in [-0.39, 0.29) is 5.91 Å². The van der Waals surface area contributed by atoms with Crippen LogP contribution in [-0.4, -0.2) is 51.6 Å². The van der Waals surface area contributed by atoms with E-state index in [9.17, 15) is 4.79 Å². The Bertz CT molecular complexity index is 868. The number of aromatic nitrogens is 3. The summed E-state index contributed by atoms with van der Waals surface area (Å²) >= 11 is 7.58. The molecule has 1 saturated heterocycles. The fraction of sp³-hybridized carbons (Fsp3) is 0.267. The zero-order valence-corrected chi connectivity index (χ0v) is 13.8. The number of thiazole rings is 1. The van der Waals surface area contributed by atoms with E-state index >= 15 is 0 Å². The third-order valence-electron chi connectivity index (χ3n) is 3.85. The summed E-state index contributed by atoms with van der Waals surface area (Å²) in [6, 6.07) is 5.80. The van der Waals surface area contributed by atoms with Crippen molar-refractivity contribution in [1.29, 1.82) is 0 Å². The average molecular weight is 348 g/mol. The van der Waals surface area contributed by atoms with Gasteiger partial charge >= 0.3 is 0 Å². The van der Waals surface area contributed by atoms with Gasteiger partial charge in [-0.05, 0) is 12.1 Å². The summed E-state index contributed by atoms with van der Waals surface area (Å²) in [5.41, 5.74) is 2.38. The molecule has 4 rings (SSSR count). The molecule has 118 valence electrons. The number of hydrogen-bond acceptors (Lipinski definition) is 5. The van der Waals surface area contributed by atoms with Crippen molar-refractivity contribution in [2.75, 3.05) is 26.2 Å². The Morgan fingerprint density at radius 3 is 2.96 bits per heavy atom. The van der Waals surface area contributed by atoms with Gasteiger partial charge in [-0.2, -0.15) is 5.10 Å². The standard InChI is InChI=1S/C15H14ClN5OS/c16-13-12(10-9-18-21-6-2-1-3-11(10)21)19-14(23-13)15(22)20-7-4-17-5-8-20/h1-3,6,9,17H,4-5,7-8H2. The number of nitrogens with zero attached hydrogens (tertiary/aromatic N) is 4. The maximum Gasteiger partial charge on any atom is 0.282 e. The van der Waals surface area contributed by atoms with Crippen molar-refractivity contribution >= 4 is 34.4 Å². The Balaban J connectivity index is 1.71. The van der Waals surface area contributed by atoms with Crippen LogP contribution in [0.4, 0.5) is 0 Å². The number of pyridine rings is 1. The maximum atomic E-state index is 12.6. The van der Waals surface area contributed by atoms with Crippen LogP contribution in [0, 0.1) is 0 Å². The monoisotopic (exact) mass is 347 g/mol. The number of nitrogens with one attached hydrogen (secondary N) is 1. The molecule has 1 N–H and O–H groups in total. The highest BCUT2D eigenvalue weighted by molar-refractivity contribution is 7.18. The molecule has 6 nitrogen and oxygen atoms in total. The number of amides is 1. The molecule has 3 aromatic rings. The van der Waals surface area contributed by atoms with Gasteiger partial charge in [0.05, 0.1) is 11.7 Å². The van der Waals surface area contributed by atoms with Crippen molar-refractivity contribution in [3.05, 3.63) is 39.9 Å². The van der Waals surface area contributed by atoms with E-state index in [1.807, 2.05) is 29.3 Å². The van der Waals surface area contributed by atoms with Crippen LogP contribution in [0.3, 0.4) is 0 Å². The van der Waals surface area contributed by atoms with Crippen LogP contribution in [-0.2, 0) is 0 Å². The number of hydrogen-bond donors (Lipinski definition) is 1. The Morgan fingerprint density at radius 2 is 2.13 bits per heavy atom. The van der Waals surface area contributed by atoms with E-state index in [0.29, 0.717) is 28.1 Å². The molecule has 0 spiro atoms. The maximum absolute atomic E-state index is 12.6. The summed E-state index contributed by atoms with van der Waals surface area (Å²) in [6.45, 7) is 3.02. The molecule has 1 amide bonds. The molecule has 1 aliphatic heterocycles. The van der Waals surface area contributed by atoms with Crippen molar-refractivity contribution < 1.29 is 4.79 Å². The summed E-state index contributed by atoms with van der Waals surface area (Å²) in [5, 5.41) is 7.96. The molecule has 4 heterocycles. The average Bonchev–Trinajstić information content (AvgIpc) is 3.18. The van der Waals surface area contributed by atoms with E-state index in [2.05, 4.69) is 15.4 Å². The fourth-order valence-electron chi connectivity index (χ4n) is 2.68. The minimum absolute atomic E-state index is 0.0545. The first-order valence-corrected chi connectivity index (χ1v) is 8.52.